The smallest absolute Gasteiger partial charge is 0.252 e. The first-order valence-corrected chi connectivity index (χ1v) is 5.29. The first-order valence-electron chi connectivity index (χ1n) is 4.84. The standard InChI is InChI=1S/C12H11NO2S/c14-12(10-3-1-2-4-11(10)16)13-7-9-5-6-15-8-9/h1-6,8,16H,7H2,(H,13,14). The lowest BCUT2D eigenvalue weighted by molar-refractivity contribution is 0.0948. The van der Waals surface area contributed by atoms with Gasteiger partial charge in [-0.1, -0.05) is 12.1 Å². The van der Waals surface area contributed by atoms with Gasteiger partial charge in [0.2, 0.25) is 0 Å². The van der Waals surface area contributed by atoms with Crippen LogP contribution in [0.3, 0.4) is 0 Å². The molecule has 0 saturated heterocycles. The van der Waals surface area contributed by atoms with E-state index in [4.69, 9.17) is 4.42 Å². The third kappa shape index (κ3) is 2.46. The van der Waals surface area contributed by atoms with E-state index < -0.39 is 0 Å². The molecule has 0 aliphatic carbocycles. The van der Waals surface area contributed by atoms with Gasteiger partial charge in [0.25, 0.3) is 5.91 Å². The van der Waals surface area contributed by atoms with Crippen molar-refractivity contribution >= 4 is 18.5 Å². The van der Waals surface area contributed by atoms with Gasteiger partial charge in [0.15, 0.2) is 0 Å². The van der Waals surface area contributed by atoms with Crippen LogP contribution in [-0.2, 0) is 6.54 Å². The molecule has 4 heteroatoms. The molecule has 0 atom stereocenters. The Labute approximate surface area is 98.9 Å². The Hall–Kier alpha value is -1.68. The molecular formula is C12H11NO2S. The van der Waals surface area contributed by atoms with E-state index in [1.54, 1.807) is 24.7 Å². The average molecular weight is 233 g/mol. The first kappa shape index (κ1) is 10.8. The predicted molar refractivity (Wildman–Crippen MR) is 63.6 cm³/mol. The van der Waals surface area contributed by atoms with Crippen molar-refractivity contribution < 1.29 is 9.21 Å². The molecule has 1 N–H and O–H groups in total. The van der Waals surface area contributed by atoms with Crippen LogP contribution in [0.4, 0.5) is 0 Å². The van der Waals surface area contributed by atoms with Crippen molar-refractivity contribution in [2.75, 3.05) is 0 Å². The molecule has 0 radical (unpaired) electrons. The van der Waals surface area contributed by atoms with Crippen LogP contribution in [0.1, 0.15) is 15.9 Å². The Morgan fingerprint density at radius 3 is 2.81 bits per heavy atom. The summed E-state index contributed by atoms with van der Waals surface area (Å²) in [6.45, 7) is 0.456. The maximum Gasteiger partial charge on any atom is 0.252 e. The van der Waals surface area contributed by atoms with E-state index in [2.05, 4.69) is 17.9 Å². The maximum atomic E-state index is 11.8. The van der Waals surface area contributed by atoms with Gasteiger partial charge >= 0.3 is 0 Å². The normalized spacial score (nSPS) is 10.1. The quantitative estimate of drug-likeness (QED) is 0.800. The molecule has 0 fully saturated rings. The van der Waals surface area contributed by atoms with Gasteiger partial charge in [-0.2, -0.15) is 0 Å². The van der Waals surface area contributed by atoms with Crippen molar-refractivity contribution in [2.24, 2.45) is 0 Å². The van der Waals surface area contributed by atoms with E-state index in [-0.39, 0.29) is 5.91 Å². The van der Waals surface area contributed by atoms with Crippen molar-refractivity contribution in [3.63, 3.8) is 0 Å². The molecule has 0 spiro atoms. The minimum atomic E-state index is -0.133. The summed E-state index contributed by atoms with van der Waals surface area (Å²) in [5, 5.41) is 2.79. The van der Waals surface area contributed by atoms with Crippen LogP contribution in [0.25, 0.3) is 0 Å². The fraction of sp³-hybridized carbons (Fsp3) is 0.0833. The zero-order valence-corrected chi connectivity index (χ0v) is 9.41. The fourth-order valence-corrected chi connectivity index (χ4v) is 1.60. The van der Waals surface area contributed by atoms with Crippen LogP contribution in [0, 0.1) is 0 Å². The van der Waals surface area contributed by atoms with Crippen LogP contribution in [0.15, 0.2) is 52.2 Å². The van der Waals surface area contributed by atoms with Gasteiger partial charge in [0.05, 0.1) is 18.1 Å². The number of thiol groups is 1. The summed E-state index contributed by atoms with van der Waals surface area (Å²) >= 11 is 4.23. The topological polar surface area (TPSA) is 42.2 Å². The highest BCUT2D eigenvalue weighted by Crippen LogP contribution is 2.12. The minimum Gasteiger partial charge on any atom is -0.472 e. The summed E-state index contributed by atoms with van der Waals surface area (Å²) in [5.74, 6) is -0.133. The van der Waals surface area contributed by atoms with Crippen LogP contribution in [0.5, 0.6) is 0 Å². The minimum absolute atomic E-state index is 0.133. The SMILES string of the molecule is O=C(NCc1ccoc1)c1ccccc1S. The summed E-state index contributed by atoms with van der Waals surface area (Å²) in [6, 6.07) is 9.00. The van der Waals surface area contributed by atoms with Crippen molar-refractivity contribution in [3.8, 4) is 0 Å². The van der Waals surface area contributed by atoms with E-state index in [9.17, 15) is 4.79 Å². The number of nitrogens with one attached hydrogen (secondary N) is 1. The zero-order valence-electron chi connectivity index (χ0n) is 8.51. The lowest BCUT2D eigenvalue weighted by Gasteiger charge is -2.05. The number of carbonyl (C=O) groups is 1. The van der Waals surface area contributed by atoms with Crippen LogP contribution in [0.2, 0.25) is 0 Å². The Morgan fingerprint density at radius 1 is 1.31 bits per heavy atom. The van der Waals surface area contributed by atoms with Gasteiger partial charge in [-0.15, -0.1) is 12.6 Å². The number of hydrogen-bond acceptors (Lipinski definition) is 3. The number of amides is 1. The van der Waals surface area contributed by atoms with Gasteiger partial charge in [-0.05, 0) is 18.2 Å². The van der Waals surface area contributed by atoms with Gasteiger partial charge < -0.3 is 9.73 Å². The van der Waals surface area contributed by atoms with Gasteiger partial charge in [0.1, 0.15) is 0 Å². The second kappa shape index (κ2) is 4.90. The molecule has 0 aliphatic heterocycles. The Bertz CT molecular complexity index is 480. The lowest BCUT2D eigenvalue weighted by atomic mass is 10.2. The zero-order chi connectivity index (χ0) is 11.4. The van der Waals surface area contributed by atoms with Crippen molar-refractivity contribution in [2.45, 2.75) is 11.4 Å². The molecular weight excluding hydrogens is 222 g/mol. The molecule has 1 aromatic carbocycles. The molecule has 0 saturated carbocycles. The lowest BCUT2D eigenvalue weighted by Crippen LogP contribution is -2.22. The molecule has 2 rings (SSSR count). The van der Waals surface area contributed by atoms with E-state index in [0.29, 0.717) is 17.0 Å². The average Bonchev–Trinajstić information content (AvgIpc) is 2.79. The van der Waals surface area contributed by atoms with Crippen molar-refractivity contribution in [1.29, 1.82) is 0 Å². The Morgan fingerprint density at radius 2 is 2.12 bits per heavy atom. The highest BCUT2D eigenvalue weighted by molar-refractivity contribution is 7.80. The molecule has 1 heterocycles. The fourth-order valence-electron chi connectivity index (χ4n) is 1.34. The summed E-state index contributed by atoms with van der Waals surface area (Å²) in [5.41, 5.74) is 1.51. The third-order valence-electron chi connectivity index (χ3n) is 2.18. The summed E-state index contributed by atoms with van der Waals surface area (Å²) < 4.78 is 4.91. The highest BCUT2D eigenvalue weighted by Gasteiger charge is 2.07. The summed E-state index contributed by atoms with van der Waals surface area (Å²) in [7, 11) is 0. The Kier molecular flexibility index (Phi) is 3.31. The second-order valence-corrected chi connectivity index (χ2v) is 3.81. The Balaban J connectivity index is 2.01. The molecule has 16 heavy (non-hydrogen) atoms. The van der Waals surface area contributed by atoms with Crippen LogP contribution >= 0.6 is 12.6 Å². The maximum absolute atomic E-state index is 11.8. The number of carbonyl (C=O) groups excluding carboxylic acids is 1. The molecule has 0 unspecified atom stereocenters. The summed E-state index contributed by atoms with van der Waals surface area (Å²) in [4.78, 5) is 12.4. The largest absolute Gasteiger partial charge is 0.472 e. The van der Waals surface area contributed by atoms with Crippen LogP contribution in [-0.4, -0.2) is 5.91 Å². The number of hydrogen-bond donors (Lipinski definition) is 2. The van der Waals surface area contributed by atoms with E-state index in [0.717, 1.165) is 5.56 Å². The number of furan rings is 1. The second-order valence-electron chi connectivity index (χ2n) is 3.33. The highest BCUT2D eigenvalue weighted by atomic mass is 32.1. The molecule has 1 aromatic heterocycles. The van der Waals surface area contributed by atoms with E-state index in [1.807, 2.05) is 18.2 Å². The van der Waals surface area contributed by atoms with Gasteiger partial charge in [-0.25, -0.2) is 0 Å². The van der Waals surface area contributed by atoms with E-state index in [1.165, 1.54) is 0 Å². The van der Waals surface area contributed by atoms with Gasteiger partial charge in [-0.3, -0.25) is 4.79 Å². The molecule has 0 bridgehead atoms. The molecule has 3 nitrogen and oxygen atoms in total. The monoisotopic (exact) mass is 233 g/mol. The molecule has 82 valence electrons. The van der Waals surface area contributed by atoms with Crippen LogP contribution < -0.4 is 5.32 Å². The third-order valence-corrected chi connectivity index (χ3v) is 2.57. The van der Waals surface area contributed by atoms with Crippen molar-refractivity contribution in [1.82, 2.24) is 5.32 Å². The first-order chi connectivity index (χ1) is 7.77. The van der Waals surface area contributed by atoms with E-state index >= 15 is 0 Å². The van der Waals surface area contributed by atoms with Gasteiger partial charge in [0, 0.05) is 17.0 Å². The summed E-state index contributed by atoms with van der Waals surface area (Å²) in [6.07, 6.45) is 3.18. The number of benzene rings is 1. The molecule has 1 amide bonds. The number of rotatable bonds is 3. The van der Waals surface area contributed by atoms with Crippen molar-refractivity contribution in [3.05, 3.63) is 54.0 Å². The molecule has 2 aromatic rings. The molecule has 0 aliphatic rings. The predicted octanol–water partition coefficient (Wildman–Crippen LogP) is 2.50.